The van der Waals surface area contributed by atoms with Crippen LogP contribution in [0.3, 0.4) is 0 Å². The molecule has 0 bridgehead atoms. The van der Waals surface area contributed by atoms with Crippen LogP contribution < -0.4 is 5.32 Å². The van der Waals surface area contributed by atoms with E-state index in [9.17, 15) is 0 Å². The van der Waals surface area contributed by atoms with Crippen molar-refractivity contribution in [2.45, 2.75) is 63.0 Å². The number of benzene rings is 1. The lowest BCUT2D eigenvalue weighted by molar-refractivity contribution is 0.101. The molecular formula is C18H29NOS. The molecule has 21 heavy (non-hydrogen) atoms. The van der Waals surface area contributed by atoms with E-state index in [4.69, 9.17) is 4.74 Å². The van der Waals surface area contributed by atoms with Crippen molar-refractivity contribution in [2.75, 3.05) is 18.9 Å². The van der Waals surface area contributed by atoms with Gasteiger partial charge in [-0.05, 0) is 57.7 Å². The number of rotatable bonds is 9. The Labute approximate surface area is 134 Å². The van der Waals surface area contributed by atoms with Crippen LogP contribution in [0.1, 0.15) is 44.6 Å². The second-order valence-electron chi connectivity index (χ2n) is 5.95. The fourth-order valence-electron chi connectivity index (χ4n) is 2.90. The molecule has 3 heteroatoms. The van der Waals surface area contributed by atoms with E-state index in [2.05, 4.69) is 43.4 Å². The minimum Gasteiger partial charge on any atom is -0.378 e. The van der Waals surface area contributed by atoms with Gasteiger partial charge in [-0.2, -0.15) is 0 Å². The molecule has 2 nitrogen and oxygen atoms in total. The monoisotopic (exact) mass is 307 g/mol. The maximum absolute atomic E-state index is 5.71. The van der Waals surface area contributed by atoms with Gasteiger partial charge in [0.05, 0.1) is 6.10 Å². The fraction of sp³-hybridized carbons (Fsp3) is 0.667. The highest BCUT2D eigenvalue weighted by atomic mass is 32.2. The van der Waals surface area contributed by atoms with Crippen LogP contribution in [0.25, 0.3) is 0 Å². The Bertz CT molecular complexity index is 404. The number of hydrogen-bond acceptors (Lipinski definition) is 3. The van der Waals surface area contributed by atoms with Crippen LogP contribution in [-0.2, 0) is 4.74 Å². The third-order valence-electron chi connectivity index (χ3n) is 4.04. The van der Waals surface area contributed by atoms with E-state index in [0.717, 1.165) is 18.9 Å². The number of thioether (sulfide) groups is 1. The normalized spacial score (nSPS) is 19.8. The molecule has 1 N–H and O–H groups in total. The van der Waals surface area contributed by atoms with E-state index in [1.807, 2.05) is 11.8 Å². The summed E-state index contributed by atoms with van der Waals surface area (Å²) in [7, 11) is 0. The second kappa shape index (κ2) is 9.50. The van der Waals surface area contributed by atoms with Crippen molar-refractivity contribution in [1.29, 1.82) is 0 Å². The molecule has 1 aliphatic heterocycles. The van der Waals surface area contributed by atoms with Gasteiger partial charge in [-0.15, -0.1) is 11.8 Å². The van der Waals surface area contributed by atoms with Crippen LogP contribution in [0.4, 0.5) is 0 Å². The molecule has 0 amide bonds. The summed E-state index contributed by atoms with van der Waals surface area (Å²) in [5.41, 5.74) is 1.35. The summed E-state index contributed by atoms with van der Waals surface area (Å²) in [6.45, 7) is 6.39. The minimum atomic E-state index is 0.539. The lowest BCUT2D eigenvalue weighted by Crippen LogP contribution is -2.31. The molecular weight excluding hydrogens is 278 g/mol. The van der Waals surface area contributed by atoms with Crippen molar-refractivity contribution in [1.82, 2.24) is 5.32 Å². The summed E-state index contributed by atoms with van der Waals surface area (Å²) in [6.07, 6.45) is 6.82. The van der Waals surface area contributed by atoms with Crippen molar-refractivity contribution < 1.29 is 4.74 Å². The SMILES string of the molecule is CCNC(CCCC1CCCO1)CSc1cccc(C)c1. The molecule has 1 aliphatic rings. The predicted octanol–water partition coefficient (Wildman–Crippen LogP) is 4.41. The lowest BCUT2D eigenvalue weighted by Gasteiger charge is -2.18. The van der Waals surface area contributed by atoms with Crippen LogP contribution >= 0.6 is 11.8 Å². The fourth-order valence-corrected chi connectivity index (χ4v) is 4.02. The summed E-state index contributed by atoms with van der Waals surface area (Å²) < 4.78 is 5.71. The lowest BCUT2D eigenvalue weighted by atomic mass is 10.1. The zero-order valence-corrected chi connectivity index (χ0v) is 14.3. The number of nitrogens with one attached hydrogen (secondary N) is 1. The van der Waals surface area contributed by atoms with Gasteiger partial charge in [0.15, 0.2) is 0 Å². The largest absolute Gasteiger partial charge is 0.378 e. The maximum atomic E-state index is 5.71. The average molecular weight is 308 g/mol. The highest BCUT2D eigenvalue weighted by Gasteiger charge is 2.16. The van der Waals surface area contributed by atoms with Gasteiger partial charge >= 0.3 is 0 Å². The van der Waals surface area contributed by atoms with Crippen molar-refractivity contribution in [2.24, 2.45) is 0 Å². The molecule has 1 aromatic carbocycles. The van der Waals surface area contributed by atoms with Gasteiger partial charge in [-0.1, -0.05) is 24.6 Å². The first-order valence-electron chi connectivity index (χ1n) is 8.32. The topological polar surface area (TPSA) is 21.3 Å². The molecule has 0 saturated carbocycles. The van der Waals surface area contributed by atoms with Crippen LogP contribution in [0, 0.1) is 6.92 Å². The van der Waals surface area contributed by atoms with E-state index < -0.39 is 0 Å². The first-order valence-corrected chi connectivity index (χ1v) is 9.31. The van der Waals surface area contributed by atoms with E-state index in [-0.39, 0.29) is 0 Å². The third-order valence-corrected chi connectivity index (χ3v) is 5.19. The molecule has 0 spiro atoms. The van der Waals surface area contributed by atoms with Crippen LogP contribution in [0.2, 0.25) is 0 Å². The van der Waals surface area contributed by atoms with Gasteiger partial charge in [-0.3, -0.25) is 0 Å². The Morgan fingerprint density at radius 1 is 1.43 bits per heavy atom. The summed E-state index contributed by atoms with van der Waals surface area (Å²) >= 11 is 1.97. The highest BCUT2D eigenvalue weighted by molar-refractivity contribution is 7.99. The maximum Gasteiger partial charge on any atom is 0.0576 e. The minimum absolute atomic E-state index is 0.539. The standard InChI is InChI=1S/C18H29NOS/c1-3-19-16(8-5-9-17-10-6-12-20-17)14-21-18-11-4-7-15(2)13-18/h4,7,11,13,16-17,19H,3,5-6,8-10,12,14H2,1-2H3. The van der Waals surface area contributed by atoms with Gasteiger partial charge in [-0.25, -0.2) is 0 Å². The van der Waals surface area contributed by atoms with Crippen molar-refractivity contribution in [3.63, 3.8) is 0 Å². The first-order chi connectivity index (χ1) is 10.3. The molecule has 2 rings (SSSR count). The van der Waals surface area contributed by atoms with Gasteiger partial charge in [0, 0.05) is 23.3 Å². The zero-order chi connectivity index (χ0) is 14.9. The van der Waals surface area contributed by atoms with Gasteiger partial charge in [0.1, 0.15) is 0 Å². The van der Waals surface area contributed by atoms with Crippen molar-refractivity contribution in [3.05, 3.63) is 29.8 Å². The Morgan fingerprint density at radius 2 is 2.33 bits per heavy atom. The molecule has 0 aromatic heterocycles. The first kappa shape index (κ1) is 16.9. The molecule has 2 atom stereocenters. The molecule has 0 radical (unpaired) electrons. The molecule has 1 aromatic rings. The van der Waals surface area contributed by atoms with E-state index >= 15 is 0 Å². The Morgan fingerprint density at radius 3 is 3.05 bits per heavy atom. The van der Waals surface area contributed by atoms with Gasteiger partial charge in [0.25, 0.3) is 0 Å². The van der Waals surface area contributed by atoms with Crippen LogP contribution in [0.5, 0.6) is 0 Å². The van der Waals surface area contributed by atoms with E-state index in [1.54, 1.807) is 0 Å². The molecule has 1 saturated heterocycles. The quantitative estimate of drug-likeness (QED) is 0.683. The Hall–Kier alpha value is -0.510. The molecule has 118 valence electrons. The van der Waals surface area contributed by atoms with E-state index in [0.29, 0.717) is 12.1 Å². The predicted molar refractivity (Wildman–Crippen MR) is 92.2 cm³/mol. The highest BCUT2D eigenvalue weighted by Crippen LogP contribution is 2.22. The summed E-state index contributed by atoms with van der Waals surface area (Å²) in [5.74, 6) is 1.16. The van der Waals surface area contributed by atoms with Gasteiger partial charge in [0.2, 0.25) is 0 Å². The zero-order valence-electron chi connectivity index (χ0n) is 13.4. The molecule has 2 unspecified atom stereocenters. The number of ether oxygens (including phenoxy) is 1. The third kappa shape index (κ3) is 6.41. The molecule has 1 heterocycles. The van der Waals surface area contributed by atoms with Crippen LogP contribution in [0.15, 0.2) is 29.2 Å². The van der Waals surface area contributed by atoms with Crippen molar-refractivity contribution in [3.8, 4) is 0 Å². The summed E-state index contributed by atoms with van der Waals surface area (Å²) in [5, 5.41) is 3.63. The summed E-state index contributed by atoms with van der Waals surface area (Å²) in [4.78, 5) is 1.39. The average Bonchev–Trinajstić information content (AvgIpc) is 2.98. The summed E-state index contributed by atoms with van der Waals surface area (Å²) in [6, 6.07) is 9.42. The Balaban J connectivity index is 1.70. The van der Waals surface area contributed by atoms with Crippen LogP contribution in [-0.4, -0.2) is 31.1 Å². The number of hydrogen-bond donors (Lipinski definition) is 1. The molecule has 0 aliphatic carbocycles. The molecule has 1 fully saturated rings. The van der Waals surface area contributed by atoms with Crippen molar-refractivity contribution >= 4 is 11.8 Å². The smallest absolute Gasteiger partial charge is 0.0576 e. The second-order valence-corrected chi connectivity index (χ2v) is 7.04. The Kier molecular flexibility index (Phi) is 7.62. The van der Waals surface area contributed by atoms with E-state index in [1.165, 1.54) is 42.6 Å². The number of aryl methyl sites for hydroxylation is 1. The van der Waals surface area contributed by atoms with Gasteiger partial charge < -0.3 is 10.1 Å².